The number of hydrogen-bond donors (Lipinski definition) is 0. The van der Waals surface area contributed by atoms with Crippen molar-refractivity contribution in [3.8, 4) is 11.1 Å². The van der Waals surface area contributed by atoms with E-state index >= 15 is 0 Å². The Morgan fingerprint density at radius 1 is 0.957 bits per heavy atom. The Bertz CT molecular complexity index is 670. The third-order valence-electron chi connectivity index (χ3n) is 3.80. The quantitative estimate of drug-likeness (QED) is 0.482. The van der Waals surface area contributed by atoms with Gasteiger partial charge in [-0.2, -0.15) is 0 Å². The molecule has 0 nitrogen and oxygen atoms in total. The van der Waals surface area contributed by atoms with Gasteiger partial charge in [-0.3, -0.25) is 0 Å². The van der Waals surface area contributed by atoms with Gasteiger partial charge in [-0.1, -0.05) is 81.0 Å². The third-order valence-corrected chi connectivity index (χ3v) is 3.80. The zero-order valence-electron chi connectivity index (χ0n) is 13.9. The number of halogens is 2. The fourth-order valence-corrected chi connectivity index (χ4v) is 3.10. The van der Waals surface area contributed by atoms with Crippen LogP contribution in [0.3, 0.4) is 0 Å². The minimum atomic E-state index is -0.826. The minimum absolute atomic E-state index is 0.362. The van der Waals surface area contributed by atoms with Gasteiger partial charge in [0.25, 0.3) is 0 Å². The molecule has 0 amide bonds. The second-order valence-corrected chi connectivity index (χ2v) is 10.8. The number of hydrogen-bond acceptors (Lipinski definition) is 0. The van der Waals surface area contributed by atoms with Gasteiger partial charge in [0.15, 0.2) is 0 Å². The summed E-state index contributed by atoms with van der Waals surface area (Å²) in [5.74, 6) is 0. The van der Waals surface area contributed by atoms with Crippen LogP contribution in [-0.2, 0) is 27.3 Å². The summed E-state index contributed by atoms with van der Waals surface area (Å²) in [5.41, 5.74) is 7.52. The van der Waals surface area contributed by atoms with E-state index in [2.05, 4.69) is 75.4 Å². The number of benzene rings is 2. The van der Waals surface area contributed by atoms with Crippen LogP contribution in [0.5, 0.6) is 0 Å². The average Bonchev–Trinajstić information content (AvgIpc) is 2.88. The van der Waals surface area contributed by atoms with Crippen LogP contribution < -0.4 is 0 Å². The van der Waals surface area contributed by atoms with Gasteiger partial charge in [0, 0.05) is 0 Å². The fourth-order valence-electron chi connectivity index (χ4n) is 3.10. The SMILES string of the molecule is CC(C)(C)CC1=Cc2c(cccc2-c2ccccc2)C1.[Cl][Zr][Cl]. The molecule has 23 heavy (non-hydrogen) atoms. The van der Waals surface area contributed by atoms with Crippen LogP contribution in [0, 0.1) is 5.41 Å². The van der Waals surface area contributed by atoms with Crippen LogP contribution in [0.15, 0.2) is 54.1 Å². The molecule has 0 fully saturated rings. The van der Waals surface area contributed by atoms with Gasteiger partial charge in [-0.25, -0.2) is 0 Å². The van der Waals surface area contributed by atoms with Crippen molar-refractivity contribution in [2.75, 3.05) is 0 Å². The van der Waals surface area contributed by atoms with Crippen LogP contribution in [0.25, 0.3) is 17.2 Å². The van der Waals surface area contributed by atoms with E-state index in [0.717, 1.165) is 6.42 Å². The Labute approximate surface area is 158 Å². The monoisotopic (exact) mass is 422 g/mol. The molecule has 0 saturated heterocycles. The summed E-state index contributed by atoms with van der Waals surface area (Å²) in [6.07, 6.45) is 4.71. The Balaban J connectivity index is 0.000000595. The van der Waals surface area contributed by atoms with Crippen molar-refractivity contribution in [1.29, 1.82) is 0 Å². The van der Waals surface area contributed by atoms with E-state index in [1.54, 1.807) is 5.57 Å². The standard InChI is InChI=1S/C20H22.2ClH.Zr/c1-20(2,3)14-15-12-17-10-7-11-18(19(17)13-15)16-8-5-4-6-9-16;;;/h4-11,13H,12,14H2,1-3H3;2*1H;/q;;;+2/p-2. The number of rotatable bonds is 2. The fraction of sp³-hybridized carbons (Fsp3) is 0.300. The zero-order valence-corrected chi connectivity index (χ0v) is 17.8. The van der Waals surface area contributed by atoms with Crippen molar-refractivity contribution in [3.63, 3.8) is 0 Å². The summed E-state index contributed by atoms with van der Waals surface area (Å²) in [5, 5.41) is 0. The number of fused-ring (bicyclic) bond motifs is 1. The van der Waals surface area contributed by atoms with Crippen LogP contribution in [-0.4, -0.2) is 0 Å². The second kappa shape index (κ2) is 8.66. The normalized spacial score (nSPS) is 12.8. The van der Waals surface area contributed by atoms with Gasteiger partial charge in [0.2, 0.25) is 0 Å². The molecule has 0 unspecified atom stereocenters. The van der Waals surface area contributed by atoms with Crippen molar-refractivity contribution in [3.05, 3.63) is 65.2 Å². The topological polar surface area (TPSA) is 0 Å². The molecule has 3 rings (SSSR count). The van der Waals surface area contributed by atoms with Crippen molar-refractivity contribution in [2.24, 2.45) is 5.41 Å². The van der Waals surface area contributed by atoms with E-state index < -0.39 is 20.8 Å². The molecular formula is C20H22Cl2Zr. The molecule has 2 aromatic carbocycles. The predicted molar refractivity (Wildman–Crippen MR) is 99.3 cm³/mol. The molecule has 0 N–H and O–H groups in total. The maximum absolute atomic E-state index is 4.93. The molecular weight excluding hydrogens is 402 g/mol. The Morgan fingerprint density at radius 2 is 1.61 bits per heavy atom. The van der Waals surface area contributed by atoms with E-state index in [1.807, 2.05) is 0 Å². The molecule has 0 bridgehead atoms. The molecule has 0 radical (unpaired) electrons. The summed E-state index contributed by atoms with van der Waals surface area (Å²) in [7, 11) is 9.87. The average molecular weight is 425 g/mol. The van der Waals surface area contributed by atoms with Gasteiger partial charge in [0.1, 0.15) is 0 Å². The van der Waals surface area contributed by atoms with Crippen molar-refractivity contribution in [2.45, 2.75) is 33.6 Å². The first kappa shape index (κ1) is 19.0. The maximum atomic E-state index is 4.93. The first-order chi connectivity index (χ1) is 10.9. The molecule has 0 atom stereocenters. The van der Waals surface area contributed by atoms with E-state index in [4.69, 9.17) is 17.0 Å². The van der Waals surface area contributed by atoms with Gasteiger partial charge in [-0.15, -0.1) is 0 Å². The second-order valence-electron chi connectivity index (χ2n) is 7.03. The molecule has 0 heterocycles. The van der Waals surface area contributed by atoms with Crippen molar-refractivity contribution < 1.29 is 20.8 Å². The van der Waals surface area contributed by atoms with E-state index in [9.17, 15) is 0 Å². The van der Waals surface area contributed by atoms with Crippen molar-refractivity contribution in [1.82, 2.24) is 0 Å². The van der Waals surface area contributed by atoms with Crippen molar-refractivity contribution >= 4 is 23.1 Å². The molecule has 120 valence electrons. The molecule has 1 aliphatic rings. The Hall–Kier alpha value is -0.357. The summed E-state index contributed by atoms with van der Waals surface area (Å²) >= 11 is -0.826. The Kier molecular flexibility index (Phi) is 7.14. The summed E-state index contributed by atoms with van der Waals surface area (Å²) in [4.78, 5) is 0. The first-order valence-corrected chi connectivity index (χ1v) is 14.1. The molecule has 0 saturated carbocycles. The van der Waals surface area contributed by atoms with Crippen LogP contribution >= 0.6 is 17.0 Å². The molecule has 0 spiro atoms. The van der Waals surface area contributed by atoms with E-state index in [0.29, 0.717) is 5.41 Å². The first-order valence-electron chi connectivity index (χ1n) is 7.77. The van der Waals surface area contributed by atoms with Gasteiger partial charge in [0.05, 0.1) is 0 Å². The summed E-state index contributed by atoms with van der Waals surface area (Å²) in [6.45, 7) is 6.94. The summed E-state index contributed by atoms with van der Waals surface area (Å²) < 4.78 is 0. The molecule has 2 aromatic rings. The van der Waals surface area contributed by atoms with Gasteiger partial charge in [-0.05, 0) is 40.5 Å². The molecule has 1 aliphatic carbocycles. The van der Waals surface area contributed by atoms with Gasteiger partial charge < -0.3 is 0 Å². The van der Waals surface area contributed by atoms with E-state index in [-0.39, 0.29) is 0 Å². The molecule has 3 heteroatoms. The molecule has 0 aromatic heterocycles. The zero-order chi connectivity index (χ0) is 16.9. The molecule has 0 aliphatic heterocycles. The van der Waals surface area contributed by atoms with Gasteiger partial charge >= 0.3 is 37.9 Å². The number of allylic oxidation sites excluding steroid dienone is 1. The van der Waals surface area contributed by atoms with E-state index in [1.165, 1.54) is 28.7 Å². The third kappa shape index (κ3) is 5.59. The van der Waals surface area contributed by atoms with Crippen LogP contribution in [0.2, 0.25) is 0 Å². The summed E-state index contributed by atoms with van der Waals surface area (Å²) in [6, 6.07) is 17.4. The Morgan fingerprint density at radius 3 is 2.22 bits per heavy atom. The predicted octanol–water partition coefficient (Wildman–Crippen LogP) is 7.11. The van der Waals surface area contributed by atoms with Crippen LogP contribution in [0.4, 0.5) is 0 Å². The van der Waals surface area contributed by atoms with Crippen LogP contribution in [0.1, 0.15) is 38.3 Å².